The number of benzene rings is 1. The van der Waals surface area contributed by atoms with Gasteiger partial charge < -0.3 is 24.8 Å². The molecule has 7 nitrogen and oxygen atoms in total. The van der Waals surface area contributed by atoms with Gasteiger partial charge in [-0.2, -0.15) is 0 Å². The van der Waals surface area contributed by atoms with Gasteiger partial charge in [0.15, 0.2) is 11.5 Å². The van der Waals surface area contributed by atoms with Crippen LogP contribution in [-0.2, 0) is 13.1 Å². The van der Waals surface area contributed by atoms with Gasteiger partial charge in [0.1, 0.15) is 12.7 Å². The van der Waals surface area contributed by atoms with Gasteiger partial charge in [0, 0.05) is 32.0 Å². The number of rotatable bonds is 10. The molecule has 1 aromatic heterocycles. The zero-order chi connectivity index (χ0) is 19.8. The van der Waals surface area contributed by atoms with Crippen molar-refractivity contribution in [3.63, 3.8) is 0 Å². The fourth-order valence-electron chi connectivity index (χ4n) is 3.29. The van der Waals surface area contributed by atoms with Crippen LogP contribution in [0, 0.1) is 6.92 Å². The summed E-state index contributed by atoms with van der Waals surface area (Å²) in [6.45, 7) is 6.31. The average molecular weight is 386 g/mol. The number of likely N-dealkylation sites (tertiary alicyclic amines) is 1. The van der Waals surface area contributed by atoms with Crippen molar-refractivity contribution in [2.75, 3.05) is 33.4 Å². The Labute approximate surface area is 166 Å². The minimum Gasteiger partial charge on any atom is -0.493 e. The summed E-state index contributed by atoms with van der Waals surface area (Å²) in [6.07, 6.45) is 5.48. The first kappa shape index (κ1) is 20.5. The van der Waals surface area contributed by atoms with Crippen molar-refractivity contribution in [1.29, 1.82) is 0 Å². The van der Waals surface area contributed by atoms with Crippen LogP contribution in [-0.4, -0.2) is 59.4 Å². The predicted molar refractivity (Wildman–Crippen MR) is 107 cm³/mol. The predicted octanol–water partition coefficient (Wildman–Crippen LogP) is 1.92. The zero-order valence-electron chi connectivity index (χ0n) is 16.7. The standard InChI is InChI=1S/C21H30N4O3/c1-16-10-24-18(13-23-16)12-22-11-17-5-6-20(21(9-17)27-2)28-15-19(26)14-25-7-3-4-8-25/h5-6,9-10,13,19,22,26H,3-4,7-8,11-12,14-15H2,1-2H3. The lowest BCUT2D eigenvalue weighted by Gasteiger charge is -2.20. The van der Waals surface area contributed by atoms with Crippen LogP contribution < -0.4 is 14.8 Å². The molecule has 0 amide bonds. The highest BCUT2D eigenvalue weighted by molar-refractivity contribution is 5.43. The smallest absolute Gasteiger partial charge is 0.161 e. The third-order valence-electron chi connectivity index (χ3n) is 4.80. The molecule has 2 heterocycles. The number of aryl methyl sites for hydroxylation is 1. The molecule has 3 rings (SSSR count). The number of hydrogen-bond donors (Lipinski definition) is 2. The summed E-state index contributed by atoms with van der Waals surface area (Å²) < 4.78 is 11.3. The summed E-state index contributed by atoms with van der Waals surface area (Å²) in [5.41, 5.74) is 2.90. The maximum Gasteiger partial charge on any atom is 0.161 e. The molecule has 0 saturated carbocycles. The molecule has 7 heteroatoms. The van der Waals surface area contributed by atoms with E-state index in [1.165, 1.54) is 12.8 Å². The van der Waals surface area contributed by atoms with Crippen LogP contribution in [0.3, 0.4) is 0 Å². The minimum atomic E-state index is -0.500. The zero-order valence-corrected chi connectivity index (χ0v) is 16.7. The Morgan fingerprint density at radius 3 is 2.68 bits per heavy atom. The Bertz CT molecular complexity index is 733. The second-order valence-electron chi connectivity index (χ2n) is 7.21. The molecule has 2 aromatic rings. The lowest BCUT2D eigenvalue weighted by Crippen LogP contribution is -2.33. The van der Waals surface area contributed by atoms with Crippen molar-refractivity contribution in [2.45, 2.75) is 39.0 Å². The van der Waals surface area contributed by atoms with Gasteiger partial charge in [-0.1, -0.05) is 6.07 Å². The van der Waals surface area contributed by atoms with E-state index in [9.17, 15) is 5.11 Å². The molecule has 2 N–H and O–H groups in total. The molecule has 0 spiro atoms. The summed E-state index contributed by atoms with van der Waals surface area (Å²) in [5, 5.41) is 13.6. The van der Waals surface area contributed by atoms with Crippen LogP contribution in [0.25, 0.3) is 0 Å². The maximum absolute atomic E-state index is 10.2. The topological polar surface area (TPSA) is 79.7 Å². The molecule has 0 aliphatic carbocycles. The van der Waals surface area contributed by atoms with E-state index in [2.05, 4.69) is 20.2 Å². The van der Waals surface area contributed by atoms with Crippen LogP contribution in [0.15, 0.2) is 30.6 Å². The van der Waals surface area contributed by atoms with Gasteiger partial charge in [-0.15, -0.1) is 0 Å². The van der Waals surface area contributed by atoms with E-state index in [0.29, 0.717) is 31.1 Å². The van der Waals surface area contributed by atoms with E-state index < -0.39 is 6.10 Å². The molecule has 152 valence electrons. The largest absolute Gasteiger partial charge is 0.493 e. The van der Waals surface area contributed by atoms with Crippen molar-refractivity contribution in [1.82, 2.24) is 20.2 Å². The molecule has 0 bridgehead atoms. The number of nitrogens with one attached hydrogen (secondary N) is 1. The van der Waals surface area contributed by atoms with E-state index in [-0.39, 0.29) is 6.61 Å². The summed E-state index contributed by atoms with van der Waals surface area (Å²) in [6, 6.07) is 5.85. The molecule has 28 heavy (non-hydrogen) atoms. The molecule has 1 atom stereocenters. The van der Waals surface area contributed by atoms with Gasteiger partial charge in [-0.05, 0) is 50.6 Å². The van der Waals surface area contributed by atoms with Crippen LogP contribution in [0.5, 0.6) is 11.5 Å². The Morgan fingerprint density at radius 1 is 1.14 bits per heavy atom. The fraction of sp³-hybridized carbons (Fsp3) is 0.524. The van der Waals surface area contributed by atoms with E-state index in [4.69, 9.17) is 9.47 Å². The van der Waals surface area contributed by atoms with E-state index in [0.717, 1.165) is 30.0 Å². The second-order valence-corrected chi connectivity index (χ2v) is 7.21. The van der Waals surface area contributed by atoms with Crippen LogP contribution >= 0.6 is 0 Å². The Kier molecular flexibility index (Phi) is 7.59. The third-order valence-corrected chi connectivity index (χ3v) is 4.80. The number of β-amino-alcohol motifs (C(OH)–C–C–N with tert-alkyl or cyclic N) is 1. The van der Waals surface area contributed by atoms with Crippen molar-refractivity contribution in [2.24, 2.45) is 0 Å². The Balaban J connectivity index is 1.47. The van der Waals surface area contributed by atoms with Gasteiger partial charge in [-0.25, -0.2) is 0 Å². The fourth-order valence-corrected chi connectivity index (χ4v) is 3.29. The quantitative estimate of drug-likeness (QED) is 0.646. The number of methoxy groups -OCH3 is 1. The highest BCUT2D eigenvalue weighted by atomic mass is 16.5. The molecule has 1 saturated heterocycles. The molecular weight excluding hydrogens is 356 g/mol. The molecule has 0 radical (unpaired) electrons. The van der Waals surface area contributed by atoms with Crippen molar-refractivity contribution < 1.29 is 14.6 Å². The summed E-state index contributed by atoms with van der Waals surface area (Å²) in [7, 11) is 1.63. The highest BCUT2D eigenvalue weighted by Crippen LogP contribution is 2.28. The molecule has 1 aliphatic rings. The third kappa shape index (κ3) is 6.15. The van der Waals surface area contributed by atoms with Gasteiger partial charge in [-0.3, -0.25) is 9.97 Å². The van der Waals surface area contributed by atoms with Gasteiger partial charge in [0.2, 0.25) is 0 Å². The van der Waals surface area contributed by atoms with Crippen LogP contribution in [0.1, 0.15) is 29.8 Å². The molecule has 1 aromatic carbocycles. The van der Waals surface area contributed by atoms with Crippen LogP contribution in [0.2, 0.25) is 0 Å². The number of ether oxygens (including phenoxy) is 2. The first-order valence-corrected chi connectivity index (χ1v) is 9.82. The summed E-state index contributed by atoms with van der Waals surface area (Å²) >= 11 is 0. The lowest BCUT2D eigenvalue weighted by atomic mass is 10.2. The molecule has 1 aliphatic heterocycles. The first-order valence-electron chi connectivity index (χ1n) is 9.82. The lowest BCUT2D eigenvalue weighted by molar-refractivity contribution is 0.0747. The summed E-state index contributed by atoms with van der Waals surface area (Å²) in [4.78, 5) is 10.9. The van der Waals surface area contributed by atoms with Crippen molar-refractivity contribution >= 4 is 0 Å². The monoisotopic (exact) mass is 386 g/mol. The molecule has 1 unspecified atom stereocenters. The van der Waals surface area contributed by atoms with Crippen LogP contribution in [0.4, 0.5) is 0 Å². The Morgan fingerprint density at radius 2 is 1.96 bits per heavy atom. The number of aliphatic hydroxyl groups excluding tert-OH is 1. The van der Waals surface area contributed by atoms with E-state index >= 15 is 0 Å². The van der Waals surface area contributed by atoms with E-state index in [1.807, 2.05) is 25.1 Å². The number of hydrogen-bond acceptors (Lipinski definition) is 7. The van der Waals surface area contributed by atoms with Gasteiger partial charge >= 0.3 is 0 Å². The summed E-state index contributed by atoms with van der Waals surface area (Å²) in [5.74, 6) is 1.32. The highest BCUT2D eigenvalue weighted by Gasteiger charge is 2.17. The normalized spacial score (nSPS) is 15.5. The number of nitrogens with zero attached hydrogens (tertiary/aromatic N) is 3. The minimum absolute atomic E-state index is 0.260. The van der Waals surface area contributed by atoms with Crippen molar-refractivity contribution in [3.8, 4) is 11.5 Å². The van der Waals surface area contributed by atoms with Gasteiger partial charge in [0.05, 0.1) is 18.5 Å². The molecule has 1 fully saturated rings. The number of aliphatic hydroxyl groups is 1. The van der Waals surface area contributed by atoms with E-state index in [1.54, 1.807) is 19.5 Å². The molecular formula is C21H30N4O3. The SMILES string of the molecule is COc1cc(CNCc2cnc(C)cn2)ccc1OCC(O)CN1CCCC1. The second kappa shape index (κ2) is 10.4. The van der Waals surface area contributed by atoms with Gasteiger partial charge in [0.25, 0.3) is 0 Å². The maximum atomic E-state index is 10.2. The van der Waals surface area contributed by atoms with Crippen molar-refractivity contribution in [3.05, 3.63) is 47.5 Å². The Hall–Kier alpha value is -2.22. The first-order chi connectivity index (χ1) is 13.6. The average Bonchev–Trinajstić information content (AvgIpc) is 3.21. The number of aromatic nitrogens is 2.